The number of aromatic nitrogens is 3. The van der Waals surface area contributed by atoms with Gasteiger partial charge < -0.3 is 10.1 Å². The summed E-state index contributed by atoms with van der Waals surface area (Å²) < 4.78 is 8.00. The number of aryl methyl sites for hydroxylation is 1. The molecule has 6 nitrogen and oxygen atoms in total. The van der Waals surface area contributed by atoms with Crippen LogP contribution in [0.1, 0.15) is 11.1 Å². The fourth-order valence-electron chi connectivity index (χ4n) is 3.26. The van der Waals surface area contributed by atoms with Crippen LogP contribution < -0.4 is 10.1 Å². The van der Waals surface area contributed by atoms with E-state index in [-0.39, 0.29) is 18.6 Å². The third-order valence-electron chi connectivity index (χ3n) is 4.58. The number of para-hydroxylation sites is 1. The summed E-state index contributed by atoms with van der Waals surface area (Å²) in [5.41, 5.74) is 3.22. The van der Waals surface area contributed by atoms with E-state index in [2.05, 4.69) is 21.6 Å². The first-order valence-corrected chi connectivity index (χ1v) is 9.24. The van der Waals surface area contributed by atoms with Crippen molar-refractivity contribution in [3.8, 4) is 17.1 Å². The maximum absolute atomic E-state index is 12.5. The number of carbonyl (C=O) groups is 1. The van der Waals surface area contributed by atoms with Crippen LogP contribution in [-0.4, -0.2) is 33.3 Å². The van der Waals surface area contributed by atoms with Crippen molar-refractivity contribution >= 4 is 18.1 Å². The fraction of sp³-hybridized carbons (Fsp3) is 0.250. The molecule has 2 aromatic carbocycles. The topological polar surface area (TPSA) is 71.9 Å². The van der Waals surface area contributed by atoms with Crippen LogP contribution in [0.25, 0.3) is 11.4 Å². The summed E-state index contributed by atoms with van der Waals surface area (Å²) in [7, 11) is 0. The Morgan fingerprint density at radius 1 is 1.33 bits per heavy atom. The molecule has 1 amide bonds. The molecule has 1 aliphatic rings. The minimum atomic E-state index is -0.124. The number of rotatable bonds is 5. The van der Waals surface area contributed by atoms with E-state index in [9.17, 15) is 4.79 Å². The lowest BCUT2D eigenvalue weighted by atomic mass is 10.1. The van der Waals surface area contributed by atoms with Crippen LogP contribution in [0.5, 0.6) is 5.75 Å². The average Bonchev–Trinajstić information content (AvgIpc) is 3.23. The molecule has 1 aliphatic heterocycles. The standard InChI is InChI=1S/C20H20N4O2S/c1-13-5-4-7-15(9-13)19-22-23-20(27)24(19)12-18(25)21-11-16-10-14-6-2-3-8-17(14)26-16/h2-9,16H,10-12H2,1H3,(H,21,25)(H,23,27). The molecule has 1 aromatic heterocycles. The maximum Gasteiger partial charge on any atom is 0.240 e. The normalized spacial score (nSPS) is 15.2. The molecule has 0 bridgehead atoms. The number of aromatic amines is 1. The Balaban J connectivity index is 1.41. The predicted molar refractivity (Wildman–Crippen MR) is 105 cm³/mol. The lowest BCUT2D eigenvalue weighted by Gasteiger charge is -2.13. The highest BCUT2D eigenvalue weighted by atomic mass is 32.1. The van der Waals surface area contributed by atoms with Gasteiger partial charge in [-0.25, -0.2) is 0 Å². The van der Waals surface area contributed by atoms with Gasteiger partial charge in [0.1, 0.15) is 18.4 Å². The van der Waals surface area contributed by atoms with Crippen LogP contribution in [0.3, 0.4) is 0 Å². The number of benzene rings is 2. The van der Waals surface area contributed by atoms with Gasteiger partial charge >= 0.3 is 0 Å². The van der Waals surface area contributed by atoms with E-state index in [0.717, 1.165) is 23.3 Å². The van der Waals surface area contributed by atoms with E-state index in [1.165, 1.54) is 5.56 Å². The van der Waals surface area contributed by atoms with Gasteiger partial charge in [-0.1, -0.05) is 42.0 Å². The van der Waals surface area contributed by atoms with E-state index >= 15 is 0 Å². The van der Waals surface area contributed by atoms with Crippen molar-refractivity contribution in [3.63, 3.8) is 0 Å². The number of nitrogens with one attached hydrogen (secondary N) is 2. The fourth-order valence-corrected chi connectivity index (χ4v) is 3.46. The van der Waals surface area contributed by atoms with Crippen molar-refractivity contribution in [2.24, 2.45) is 0 Å². The Morgan fingerprint density at radius 2 is 2.19 bits per heavy atom. The van der Waals surface area contributed by atoms with Crippen molar-refractivity contribution < 1.29 is 9.53 Å². The van der Waals surface area contributed by atoms with E-state index in [4.69, 9.17) is 17.0 Å². The average molecular weight is 380 g/mol. The van der Waals surface area contributed by atoms with Crippen molar-refractivity contribution in [2.45, 2.75) is 26.0 Å². The Morgan fingerprint density at radius 3 is 3.00 bits per heavy atom. The summed E-state index contributed by atoms with van der Waals surface area (Å²) in [5, 5.41) is 10.0. The summed E-state index contributed by atoms with van der Waals surface area (Å²) in [6.45, 7) is 2.58. The molecule has 3 aromatic rings. The molecule has 0 saturated carbocycles. The van der Waals surface area contributed by atoms with Crippen LogP contribution >= 0.6 is 12.2 Å². The van der Waals surface area contributed by atoms with Gasteiger partial charge in [-0.2, -0.15) is 5.10 Å². The number of H-pyrrole nitrogens is 1. The predicted octanol–water partition coefficient (Wildman–Crippen LogP) is 3.04. The summed E-state index contributed by atoms with van der Waals surface area (Å²) in [5.74, 6) is 1.43. The van der Waals surface area contributed by atoms with E-state index in [1.807, 2.05) is 49.4 Å². The molecule has 0 aliphatic carbocycles. The number of nitrogens with zero attached hydrogens (tertiary/aromatic N) is 2. The second kappa shape index (κ2) is 7.36. The molecule has 27 heavy (non-hydrogen) atoms. The minimum absolute atomic E-state index is 0.0417. The zero-order chi connectivity index (χ0) is 18.8. The Kier molecular flexibility index (Phi) is 4.77. The van der Waals surface area contributed by atoms with E-state index in [1.54, 1.807) is 4.57 Å². The summed E-state index contributed by atoms with van der Waals surface area (Å²) in [4.78, 5) is 12.5. The molecule has 0 fully saturated rings. The van der Waals surface area contributed by atoms with Gasteiger partial charge in [-0.3, -0.25) is 14.5 Å². The smallest absolute Gasteiger partial charge is 0.240 e. The first-order chi connectivity index (χ1) is 13.1. The Labute approximate surface area is 162 Å². The number of ether oxygens (including phenoxy) is 1. The molecule has 7 heteroatoms. The monoisotopic (exact) mass is 380 g/mol. The third kappa shape index (κ3) is 3.78. The highest BCUT2D eigenvalue weighted by molar-refractivity contribution is 7.71. The van der Waals surface area contributed by atoms with Gasteiger partial charge in [-0.05, 0) is 36.8 Å². The molecular weight excluding hydrogens is 360 g/mol. The lowest BCUT2D eigenvalue weighted by Crippen LogP contribution is -2.36. The summed E-state index contributed by atoms with van der Waals surface area (Å²) in [6, 6.07) is 15.9. The lowest BCUT2D eigenvalue weighted by molar-refractivity contribution is -0.122. The Hall–Kier alpha value is -2.93. The van der Waals surface area contributed by atoms with Crippen molar-refractivity contribution in [1.29, 1.82) is 0 Å². The third-order valence-corrected chi connectivity index (χ3v) is 4.89. The molecule has 2 heterocycles. The van der Waals surface area contributed by atoms with Gasteiger partial charge in [0.05, 0.1) is 6.54 Å². The number of amides is 1. The Bertz CT molecular complexity index is 1020. The molecule has 4 rings (SSSR count). The summed E-state index contributed by atoms with van der Waals surface area (Å²) in [6.07, 6.45) is 0.760. The van der Waals surface area contributed by atoms with Crippen molar-refractivity contribution in [3.05, 3.63) is 64.4 Å². The minimum Gasteiger partial charge on any atom is -0.488 e. The quantitative estimate of drug-likeness (QED) is 0.668. The largest absolute Gasteiger partial charge is 0.488 e. The molecule has 1 atom stereocenters. The zero-order valence-electron chi connectivity index (χ0n) is 14.9. The number of carbonyl (C=O) groups excluding carboxylic acids is 1. The van der Waals surface area contributed by atoms with Gasteiger partial charge in [0, 0.05) is 12.0 Å². The van der Waals surface area contributed by atoms with Crippen LogP contribution in [0.2, 0.25) is 0 Å². The first kappa shape index (κ1) is 17.5. The molecule has 0 saturated heterocycles. The van der Waals surface area contributed by atoms with Crippen molar-refractivity contribution in [1.82, 2.24) is 20.1 Å². The van der Waals surface area contributed by atoms with E-state index in [0.29, 0.717) is 17.1 Å². The van der Waals surface area contributed by atoms with Crippen LogP contribution in [-0.2, 0) is 17.8 Å². The van der Waals surface area contributed by atoms with Gasteiger partial charge in [0.15, 0.2) is 10.6 Å². The first-order valence-electron chi connectivity index (χ1n) is 8.83. The SMILES string of the molecule is Cc1cccc(-c2n[nH]c(=S)n2CC(=O)NCC2Cc3ccccc3O2)c1. The molecule has 0 radical (unpaired) electrons. The van der Waals surface area contributed by atoms with E-state index < -0.39 is 0 Å². The highest BCUT2D eigenvalue weighted by Crippen LogP contribution is 2.27. The number of fused-ring (bicyclic) bond motifs is 1. The van der Waals surface area contributed by atoms with Crippen molar-refractivity contribution in [2.75, 3.05) is 6.54 Å². The molecule has 0 spiro atoms. The second-order valence-electron chi connectivity index (χ2n) is 6.66. The van der Waals surface area contributed by atoms with Gasteiger partial charge in [-0.15, -0.1) is 0 Å². The van der Waals surface area contributed by atoms with Crippen LogP contribution in [0.15, 0.2) is 48.5 Å². The summed E-state index contributed by atoms with van der Waals surface area (Å²) >= 11 is 5.30. The van der Waals surface area contributed by atoms with Crippen LogP contribution in [0.4, 0.5) is 0 Å². The number of hydrogen-bond acceptors (Lipinski definition) is 4. The van der Waals surface area contributed by atoms with Crippen LogP contribution in [0, 0.1) is 11.7 Å². The maximum atomic E-state index is 12.5. The zero-order valence-corrected chi connectivity index (χ0v) is 15.8. The van der Waals surface area contributed by atoms with Gasteiger partial charge in [0.25, 0.3) is 0 Å². The highest BCUT2D eigenvalue weighted by Gasteiger charge is 2.23. The molecule has 138 valence electrons. The molecular formula is C20H20N4O2S. The second-order valence-corrected chi connectivity index (χ2v) is 7.05. The molecule has 2 N–H and O–H groups in total. The number of hydrogen-bond donors (Lipinski definition) is 2. The van der Waals surface area contributed by atoms with Gasteiger partial charge in [0.2, 0.25) is 5.91 Å². The molecule has 1 unspecified atom stereocenters.